The summed E-state index contributed by atoms with van der Waals surface area (Å²) in [6, 6.07) is 0. The van der Waals surface area contributed by atoms with Crippen LogP contribution in [0.15, 0.2) is 6.20 Å². The van der Waals surface area contributed by atoms with Crippen molar-refractivity contribution in [3.63, 3.8) is 0 Å². The highest BCUT2D eigenvalue weighted by Gasteiger charge is 2.31. The molecular formula is C17H21N3O4. The number of ether oxygens (including phenoxy) is 2. The van der Waals surface area contributed by atoms with Crippen LogP contribution in [0.2, 0.25) is 0 Å². The zero-order valence-corrected chi connectivity index (χ0v) is 13.6. The Hall–Kier alpha value is -1.99. The fourth-order valence-electron chi connectivity index (χ4n) is 3.66. The second-order valence-electron chi connectivity index (χ2n) is 6.57. The predicted molar refractivity (Wildman–Crippen MR) is 85.7 cm³/mol. The molecule has 3 heterocycles. The lowest BCUT2D eigenvalue weighted by atomic mass is 9.91. The van der Waals surface area contributed by atoms with E-state index in [1.165, 1.54) is 5.56 Å². The summed E-state index contributed by atoms with van der Waals surface area (Å²) in [6.45, 7) is 0. The number of fused-ring (bicyclic) bond motifs is 3. The first kappa shape index (κ1) is 15.5. The summed E-state index contributed by atoms with van der Waals surface area (Å²) in [5, 5.41) is 15.3. The molecule has 0 spiro atoms. The van der Waals surface area contributed by atoms with Gasteiger partial charge >= 0.3 is 0 Å². The van der Waals surface area contributed by atoms with Crippen molar-refractivity contribution in [3.05, 3.63) is 17.3 Å². The van der Waals surface area contributed by atoms with Gasteiger partial charge in [-0.05, 0) is 31.2 Å². The van der Waals surface area contributed by atoms with E-state index in [0.717, 1.165) is 42.3 Å². The lowest BCUT2D eigenvalue weighted by Crippen LogP contribution is -2.39. The van der Waals surface area contributed by atoms with E-state index in [1.807, 2.05) is 13.2 Å². The van der Waals surface area contributed by atoms with Gasteiger partial charge in [0, 0.05) is 30.8 Å². The predicted octanol–water partition coefficient (Wildman–Crippen LogP) is 1.29. The molecule has 1 saturated heterocycles. The zero-order chi connectivity index (χ0) is 16.7. The number of aryl methyl sites for hydroxylation is 2. The summed E-state index contributed by atoms with van der Waals surface area (Å²) in [5.41, 5.74) is 3.14. The molecule has 128 valence electrons. The Morgan fingerprint density at radius 2 is 2.12 bits per heavy atom. The summed E-state index contributed by atoms with van der Waals surface area (Å²) in [4.78, 5) is 15.6. The van der Waals surface area contributed by atoms with Crippen LogP contribution in [0.1, 0.15) is 36.8 Å². The minimum atomic E-state index is -0.659. The fourth-order valence-corrected chi connectivity index (χ4v) is 3.66. The Labute approximate surface area is 139 Å². The van der Waals surface area contributed by atoms with E-state index < -0.39 is 18.5 Å². The molecule has 4 rings (SSSR count). The van der Waals surface area contributed by atoms with E-state index in [4.69, 9.17) is 9.47 Å². The van der Waals surface area contributed by atoms with Crippen LogP contribution in [0.3, 0.4) is 0 Å². The van der Waals surface area contributed by atoms with E-state index >= 15 is 0 Å². The molecule has 0 bridgehead atoms. The second-order valence-corrected chi connectivity index (χ2v) is 6.57. The molecule has 1 N–H and O–H groups in total. The van der Waals surface area contributed by atoms with E-state index in [9.17, 15) is 9.90 Å². The van der Waals surface area contributed by atoms with Crippen molar-refractivity contribution in [2.45, 2.75) is 57.0 Å². The maximum absolute atomic E-state index is 11.0. The summed E-state index contributed by atoms with van der Waals surface area (Å²) in [7, 11) is 1.86. The number of pyridine rings is 1. The van der Waals surface area contributed by atoms with Crippen molar-refractivity contribution in [1.82, 2.24) is 14.8 Å². The molecule has 2 aliphatic rings. The molecule has 3 unspecified atom stereocenters. The fraction of sp³-hybridized carbons (Fsp3) is 0.588. The van der Waals surface area contributed by atoms with Crippen molar-refractivity contribution in [2.75, 3.05) is 0 Å². The first-order chi connectivity index (χ1) is 11.7. The van der Waals surface area contributed by atoms with Crippen molar-refractivity contribution < 1.29 is 19.4 Å². The summed E-state index contributed by atoms with van der Waals surface area (Å²) >= 11 is 0. The highest BCUT2D eigenvalue weighted by atomic mass is 16.7. The average molecular weight is 331 g/mol. The molecule has 24 heavy (non-hydrogen) atoms. The standard InChI is InChI=1S/C17H21N3O4/c1-20-16-14(8-18-20)12-4-2-3-5-13(12)17(19-16)24-15-7-10(22)6-11(9-21)23-15/h8-11,15,22H,2-7H2,1H3. The number of aliphatic hydroxyl groups excluding tert-OH is 1. The smallest absolute Gasteiger partial charge is 0.221 e. The van der Waals surface area contributed by atoms with Gasteiger partial charge in [0.25, 0.3) is 0 Å². The van der Waals surface area contributed by atoms with Gasteiger partial charge in [0.2, 0.25) is 12.2 Å². The molecule has 0 aromatic carbocycles. The van der Waals surface area contributed by atoms with Crippen molar-refractivity contribution >= 4 is 17.3 Å². The maximum atomic E-state index is 11.0. The van der Waals surface area contributed by atoms with E-state index in [1.54, 1.807) is 4.68 Å². The van der Waals surface area contributed by atoms with Gasteiger partial charge < -0.3 is 19.4 Å². The number of hydrogen-bond acceptors (Lipinski definition) is 6. The van der Waals surface area contributed by atoms with Crippen molar-refractivity contribution in [3.8, 4) is 5.88 Å². The monoisotopic (exact) mass is 331 g/mol. The van der Waals surface area contributed by atoms with Crippen LogP contribution in [-0.4, -0.2) is 44.7 Å². The molecule has 1 fully saturated rings. The number of carbonyl (C=O) groups excluding carboxylic acids is 1. The van der Waals surface area contributed by atoms with Gasteiger partial charge in [0.05, 0.1) is 12.3 Å². The summed E-state index contributed by atoms with van der Waals surface area (Å²) in [5.74, 6) is 0.546. The first-order valence-electron chi connectivity index (χ1n) is 8.44. The molecule has 0 saturated carbocycles. The van der Waals surface area contributed by atoms with E-state index in [0.29, 0.717) is 25.0 Å². The highest BCUT2D eigenvalue weighted by Crippen LogP contribution is 2.35. The van der Waals surface area contributed by atoms with Gasteiger partial charge in [0.15, 0.2) is 5.65 Å². The third-order valence-electron chi connectivity index (χ3n) is 4.86. The molecule has 3 atom stereocenters. The average Bonchev–Trinajstić information content (AvgIpc) is 2.96. The maximum Gasteiger partial charge on any atom is 0.221 e. The summed E-state index contributed by atoms with van der Waals surface area (Å²) in [6.07, 6.45) is 5.48. The highest BCUT2D eigenvalue weighted by molar-refractivity contribution is 5.81. The van der Waals surface area contributed by atoms with E-state index in [-0.39, 0.29) is 0 Å². The largest absolute Gasteiger partial charge is 0.447 e. The molecule has 1 aliphatic carbocycles. The molecular weight excluding hydrogens is 310 g/mol. The number of nitrogens with zero attached hydrogens (tertiary/aromatic N) is 3. The molecule has 1 aliphatic heterocycles. The van der Waals surface area contributed by atoms with Crippen LogP contribution in [0.4, 0.5) is 0 Å². The molecule has 7 nitrogen and oxygen atoms in total. The van der Waals surface area contributed by atoms with Crippen LogP contribution >= 0.6 is 0 Å². The third-order valence-corrected chi connectivity index (χ3v) is 4.86. The normalized spacial score (nSPS) is 27.0. The van der Waals surface area contributed by atoms with Gasteiger partial charge in [0.1, 0.15) is 12.4 Å². The third kappa shape index (κ3) is 2.67. The Morgan fingerprint density at radius 1 is 1.33 bits per heavy atom. The lowest BCUT2D eigenvalue weighted by Gasteiger charge is -2.31. The molecule has 0 amide bonds. The number of aldehydes is 1. The summed E-state index contributed by atoms with van der Waals surface area (Å²) < 4.78 is 13.3. The van der Waals surface area contributed by atoms with Crippen molar-refractivity contribution in [1.29, 1.82) is 0 Å². The second kappa shape index (κ2) is 6.14. The van der Waals surface area contributed by atoms with Gasteiger partial charge in [-0.1, -0.05) is 0 Å². The molecule has 0 radical (unpaired) electrons. The SMILES string of the molecule is Cn1ncc2c3c(c(OC4CC(O)CC(C=O)O4)nc21)CCCC3. The quantitative estimate of drug-likeness (QED) is 0.853. The Balaban J connectivity index is 1.70. The Bertz CT molecular complexity index is 773. The number of carbonyl (C=O) groups is 1. The van der Waals surface area contributed by atoms with Crippen LogP contribution in [0, 0.1) is 0 Å². The van der Waals surface area contributed by atoms with Crippen LogP contribution in [0.25, 0.3) is 11.0 Å². The first-order valence-corrected chi connectivity index (χ1v) is 8.44. The van der Waals surface area contributed by atoms with Crippen LogP contribution < -0.4 is 4.74 Å². The number of aliphatic hydroxyl groups is 1. The zero-order valence-electron chi connectivity index (χ0n) is 13.6. The molecule has 2 aromatic heterocycles. The number of aromatic nitrogens is 3. The topological polar surface area (TPSA) is 86.5 Å². The minimum absolute atomic E-state index is 0.315. The van der Waals surface area contributed by atoms with Crippen LogP contribution in [-0.2, 0) is 29.4 Å². The van der Waals surface area contributed by atoms with Gasteiger partial charge in [-0.15, -0.1) is 0 Å². The molecule has 7 heteroatoms. The lowest BCUT2D eigenvalue weighted by molar-refractivity contribution is -0.177. The Morgan fingerprint density at radius 3 is 2.92 bits per heavy atom. The number of rotatable bonds is 3. The van der Waals surface area contributed by atoms with Crippen LogP contribution in [0.5, 0.6) is 5.88 Å². The van der Waals surface area contributed by atoms with Crippen molar-refractivity contribution in [2.24, 2.45) is 7.05 Å². The minimum Gasteiger partial charge on any atom is -0.447 e. The number of hydrogen-bond donors (Lipinski definition) is 1. The Kier molecular flexibility index (Phi) is 3.97. The molecule has 2 aromatic rings. The van der Waals surface area contributed by atoms with E-state index in [2.05, 4.69) is 10.1 Å². The van der Waals surface area contributed by atoms with Gasteiger partial charge in [-0.2, -0.15) is 10.1 Å². The van der Waals surface area contributed by atoms with Gasteiger partial charge in [-0.3, -0.25) is 4.68 Å². The van der Waals surface area contributed by atoms with Gasteiger partial charge in [-0.25, -0.2) is 0 Å².